The van der Waals surface area contributed by atoms with Crippen LogP contribution >= 0.6 is 0 Å². The summed E-state index contributed by atoms with van der Waals surface area (Å²) in [6, 6.07) is 0. The maximum absolute atomic E-state index is 5.26. The monoisotopic (exact) mass is 112 g/mol. The van der Waals surface area contributed by atoms with Crippen LogP contribution in [0.2, 0.25) is 0 Å². The number of rotatable bonds is 0. The summed E-state index contributed by atoms with van der Waals surface area (Å²) in [5, 5.41) is 0. The molecule has 1 heterocycles. The van der Waals surface area contributed by atoms with Gasteiger partial charge in [-0.1, -0.05) is 6.92 Å². The SMILES string of the molecule is CC1=C(C)C(C)CO1. The summed E-state index contributed by atoms with van der Waals surface area (Å²) in [6.07, 6.45) is 0. The van der Waals surface area contributed by atoms with E-state index in [9.17, 15) is 0 Å². The Kier molecular flexibility index (Phi) is 1.28. The van der Waals surface area contributed by atoms with Gasteiger partial charge in [0, 0.05) is 5.92 Å². The molecule has 0 fully saturated rings. The third-order valence-corrected chi connectivity index (χ3v) is 1.84. The van der Waals surface area contributed by atoms with Crippen molar-refractivity contribution in [1.82, 2.24) is 0 Å². The zero-order valence-electron chi connectivity index (χ0n) is 5.69. The first kappa shape index (κ1) is 5.67. The molecule has 1 rings (SSSR count). The molecular formula is C7H12O. The summed E-state index contributed by atoms with van der Waals surface area (Å²) in [4.78, 5) is 0. The summed E-state index contributed by atoms with van der Waals surface area (Å²) < 4.78 is 5.26. The van der Waals surface area contributed by atoms with E-state index in [0.29, 0.717) is 5.92 Å². The van der Waals surface area contributed by atoms with E-state index in [-0.39, 0.29) is 0 Å². The highest BCUT2D eigenvalue weighted by molar-refractivity contribution is 5.10. The molecule has 8 heavy (non-hydrogen) atoms. The highest BCUT2D eigenvalue weighted by Gasteiger charge is 2.15. The largest absolute Gasteiger partial charge is 0.498 e. The molecule has 1 nitrogen and oxygen atoms in total. The van der Waals surface area contributed by atoms with E-state index >= 15 is 0 Å². The van der Waals surface area contributed by atoms with E-state index in [1.165, 1.54) is 5.57 Å². The maximum Gasteiger partial charge on any atom is 0.0941 e. The van der Waals surface area contributed by atoms with Crippen LogP contribution in [-0.4, -0.2) is 6.61 Å². The average Bonchev–Trinajstić information content (AvgIpc) is 1.98. The first-order chi connectivity index (χ1) is 3.72. The van der Waals surface area contributed by atoms with E-state index in [1.54, 1.807) is 0 Å². The quantitative estimate of drug-likeness (QED) is 0.465. The summed E-state index contributed by atoms with van der Waals surface area (Å²) in [6.45, 7) is 7.23. The highest BCUT2D eigenvalue weighted by atomic mass is 16.5. The van der Waals surface area contributed by atoms with Crippen molar-refractivity contribution < 1.29 is 4.74 Å². The van der Waals surface area contributed by atoms with Crippen LogP contribution in [0.25, 0.3) is 0 Å². The van der Waals surface area contributed by atoms with Gasteiger partial charge in [-0.2, -0.15) is 0 Å². The molecule has 1 aliphatic heterocycles. The Hall–Kier alpha value is -0.460. The average molecular weight is 112 g/mol. The molecule has 0 aromatic carbocycles. The smallest absolute Gasteiger partial charge is 0.0941 e. The minimum absolute atomic E-state index is 0.648. The van der Waals surface area contributed by atoms with Crippen molar-refractivity contribution in [3.63, 3.8) is 0 Å². The predicted octanol–water partition coefficient (Wildman–Crippen LogP) is 1.95. The Morgan fingerprint density at radius 2 is 2.12 bits per heavy atom. The van der Waals surface area contributed by atoms with Crippen LogP contribution in [0.4, 0.5) is 0 Å². The fraction of sp³-hybridized carbons (Fsp3) is 0.714. The lowest BCUT2D eigenvalue weighted by molar-refractivity contribution is 0.225. The van der Waals surface area contributed by atoms with Gasteiger partial charge in [0.15, 0.2) is 0 Å². The fourth-order valence-electron chi connectivity index (χ4n) is 0.836. The molecule has 46 valence electrons. The van der Waals surface area contributed by atoms with Gasteiger partial charge in [-0.05, 0) is 19.4 Å². The number of ether oxygens (including phenoxy) is 1. The molecule has 0 N–H and O–H groups in total. The first-order valence-electron chi connectivity index (χ1n) is 3.02. The Balaban J connectivity index is 2.71. The molecule has 1 atom stereocenters. The van der Waals surface area contributed by atoms with Crippen LogP contribution in [0, 0.1) is 5.92 Å². The minimum atomic E-state index is 0.648. The van der Waals surface area contributed by atoms with Gasteiger partial charge in [0.1, 0.15) is 0 Å². The van der Waals surface area contributed by atoms with Gasteiger partial charge >= 0.3 is 0 Å². The van der Waals surface area contributed by atoms with E-state index < -0.39 is 0 Å². The van der Waals surface area contributed by atoms with Crippen molar-refractivity contribution in [1.29, 1.82) is 0 Å². The number of allylic oxidation sites excluding steroid dienone is 1. The van der Waals surface area contributed by atoms with Crippen LogP contribution in [-0.2, 0) is 4.74 Å². The molecule has 0 aliphatic carbocycles. The Bertz CT molecular complexity index is 124. The Morgan fingerprint density at radius 3 is 2.25 bits per heavy atom. The second-order valence-electron chi connectivity index (χ2n) is 2.45. The van der Waals surface area contributed by atoms with E-state index in [2.05, 4.69) is 13.8 Å². The van der Waals surface area contributed by atoms with E-state index in [4.69, 9.17) is 4.74 Å². The van der Waals surface area contributed by atoms with Gasteiger partial charge in [0.05, 0.1) is 12.4 Å². The molecule has 0 bridgehead atoms. The van der Waals surface area contributed by atoms with Gasteiger partial charge in [0.25, 0.3) is 0 Å². The van der Waals surface area contributed by atoms with Crippen LogP contribution < -0.4 is 0 Å². The zero-order chi connectivity index (χ0) is 6.15. The van der Waals surface area contributed by atoms with Crippen LogP contribution in [0.1, 0.15) is 20.8 Å². The number of hydrogen-bond donors (Lipinski definition) is 0. The zero-order valence-corrected chi connectivity index (χ0v) is 5.69. The molecule has 0 saturated heterocycles. The van der Waals surface area contributed by atoms with Crippen molar-refractivity contribution in [2.24, 2.45) is 5.92 Å². The van der Waals surface area contributed by atoms with Gasteiger partial charge in [-0.3, -0.25) is 0 Å². The molecule has 0 aromatic heterocycles. The first-order valence-corrected chi connectivity index (χ1v) is 3.02. The lowest BCUT2D eigenvalue weighted by Crippen LogP contribution is -1.94. The Labute approximate surface area is 50.3 Å². The third kappa shape index (κ3) is 0.726. The van der Waals surface area contributed by atoms with Crippen molar-refractivity contribution >= 4 is 0 Å². The summed E-state index contributed by atoms with van der Waals surface area (Å²) >= 11 is 0. The molecule has 1 heteroatoms. The second-order valence-corrected chi connectivity index (χ2v) is 2.45. The molecule has 0 aromatic rings. The minimum Gasteiger partial charge on any atom is -0.498 e. The second kappa shape index (κ2) is 1.81. The van der Waals surface area contributed by atoms with Crippen LogP contribution in [0.3, 0.4) is 0 Å². The van der Waals surface area contributed by atoms with Crippen molar-refractivity contribution in [2.45, 2.75) is 20.8 Å². The standard InChI is InChI=1S/C7H12O/c1-5-4-8-7(3)6(5)2/h5H,4H2,1-3H3. The normalized spacial score (nSPS) is 28.6. The number of hydrogen-bond acceptors (Lipinski definition) is 1. The van der Waals surface area contributed by atoms with Crippen molar-refractivity contribution in [3.8, 4) is 0 Å². The topological polar surface area (TPSA) is 9.23 Å². The van der Waals surface area contributed by atoms with Crippen molar-refractivity contribution in [3.05, 3.63) is 11.3 Å². The van der Waals surface area contributed by atoms with Crippen molar-refractivity contribution in [2.75, 3.05) is 6.61 Å². The lowest BCUT2D eigenvalue weighted by atomic mass is 10.1. The summed E-state index contributed by atoms with van der Waals surface area (Å²) in [5.74, 6) is 1.77. The van der Waals surface area contributed by atoms with Gasteiger partial charge in [0.2, 0.25) is 0 Å². The summed E-state index contributed by atoms with van der Waals surface area (Å²) in [5.41, 5.74) is 1.41. The molecule has 0 saturated carbocycles. The predicted molar refractivity (Wildman–Crippen MR) is 33.5 cm³/mol. The molecule has 0 spiro atoms. The molecule has 1 aliphatic rings. The molecular weight excluding hydrogens is 100 g/mol. The van der Waals surface area contributed by atoms with E-state index in [0.717, 1.165) is 12.4 Å². The Morgan fingerprint density at radius 1 is 1.50 bits per heavy atom. The molecule has 1 unspecified atom stereocenters. The summed E-state index contributed by atoms with van der Waals surface area (Å²) in [7, 11) is 0. The molecule has 0 amide bonds. The van der Waals surface area contributed by atoms with Gasteiger partial charge in [-0.25, -0.2) is 0 Å². The van der Waals surface area contributed by atoms with Crippen LogP contribution in [0.15, 0.2) is 11.3 Å². The third-order valence-electron chi connectivity index (χ3n) is 1.84. The van der Waals surface area contributed by atoms with E-state index in [1.807, 2.05) is 6.92 Å². The fourth-order valence-corrected chi connectivity index (χ4v) is 0.836. The maximum atomic E-state index is 5.26. The van der Waals surface area contributed by atoms with Gasteiger partial charge in [-0.15, -0.1) is 0 Å². The highest BCUT2D eigenvalue weighted by Crippen LogP contribution is 2.22. The van der Waals surface area contributed by atoms with Gasteiger partial charge < -0.3 is 4.74 Å². The lowest BCUT2D eigenvalue weighted by Gasteiger charge is -1.96. The van der Waals surface area contributed by atoms with Crippen LogP contribution in [0.5, 0.6) is 0 Å². The molecule has 0 radical (unpaired) electrons.